The average molecular weight is 570 g/mol. The lowest BCUT2D eigenvalue weighted by Gasteiger charge is -2.05. The topological polar surface area (TPSA) is 57.6 Å². The van der Waals surface area contributed by atoms with Gasteiger partial charge >= 0.3 is 0 Å². The molecule has 0 atom stereocenters. The number of nitrogens with zero attached hydrogens (tertiary/aromatic N) is 1. The number of rotatable bonds is 3. The third kappa shape index (κ3) is 4.52. The van der Waals surface area contributed by atoms with Gasteiger partial charge < -0.3 is 14.4 Å². The fraction of sp³-hybridized carbons (Fsp3) is 0.0750. The minimum atomic E-state index is 0.776. The summed E-state index contributed by atoms with van der Waals surface area (Å²) in [4.78, 5) is 12.7. The lowest BCUT2D eigenvalue weighted by molar-refractivity contribution is 0.668. The molecular weight excluding hydrogens is 538 g/mol. The molecule has 8 bridgehead atoms. The Labute approximate surface area is 255 Å². The van der Waals surface area contributed by atoms with Gasteiger partial charge in [0.2, 0.25) is 0 Å². The Morgan fingerprint density at radius 1 is 0.409 bits per heavy atom. The highest BCUT2D eigenvalue weighted by atomic mass is 16.3. The third-order valence-corrected chi connectivity index (χ3v) is 8.47. The molecule has 5 heterocycles. The number of benzene rings is 3. The molecule has 1 aliphatic rings. The van der Waals surface area contributed by atoms with E-state index in [1.165, 1.54) is 16.7 Å². The SMILES string of the molecule is Cc1ccc(-c2c3nc(c(-c4ccc(C)cc4)c4ccc(o4)c(-c4ccc(C)cc4)c4ccc([nH]4)c4ccc2[nH]4)C=C3)cc1. The maximum absolute atomic E-state index is 6.79. The molecule has 0 saturated heterocycles. The van der Waals surface area contributed by atoms with Crippen molar-refractivity contribution in [2.75, 3.05) is 0 Å². The molecule has 0 spiro atoms. The van der Waals surface area contributed by atoms with E-state index in [1.54, 1.807) is 0 Å². The highest BCUT2D eigenvalue weighted by molar-refractivity contribution is 5.98. The second kappa shape index (κ2) is 10.3. The van der Waals surface area contributed by atoms with Crippen LogP contribution in [0.2, 0.25) is 0 Å². The number of aromatic amines is 2. The molecule has 0 radical (unpaired) electrons. The first-order chi connectivity index (χ1) is 21.5. The summed E-state index contributed by atoms with van der Waals surface area (Å²) in [5, 5.41) is 0. The van der Waals surface area contributed by atoms with E-state index in [0.29, 0.717) is 0 Å². The normalized spacial score (nSPS) is 11.9. The van der Waals surface area contributed by atoms with Gasteiger partial charge in [-0.25, -0.2) is 4.98 Å². The second-order valence-electron chi connectivity index (χ2n) is 11.7. The van der Waals surface area contributed by atoms with Crippen LogP contribution in [0.3, 0.4) is 0 Å². The number of furan rings is 1. The van der Waals surface area contributed by atoms with E-state index in [4.69, 9.17) is 9.40 Å². The average Bonchev–Trinajstić information content (AvgIpc) is 3.85. The van der Waals surface area contributed by atoms with Crippen molar-refractivity contribution in [3.63, 3.8) is 0 Å². The lowest BCUT2D eigenvalue weighted by Crippen LogP contribution is -1.87. The van der Waals surface area contributed by atoms with Crippen LogP contribution in [-0.4, -0.2) is 15.0 Å². The van der Waals surface area contributed by atoms with Gasteiger partial charge in [0.1, 0.15) is 11.2 Å². The van der Waals surface area contributed by atoms with Crippen molar-refractivity contribution in [3.8, 4) is 33.4 Å². The first-order valence-corrected chi connectivity index (χ1v) is 15.0. The molecule has 44 heavy (non-hydrogen) atoms. The molecular formula is C40H31N3O. The van der Waals surface area contributed by atoms with Gasteiger partial charge in [-0.15, -0.1) is 0 Å². The number of hydrogen-bond donors (Lipinski definition) is 2. The van der Waals surface area contributed by atoms with Crippen molar-refractivity contribution in [2.24, 2.45) is 0 Å². The highest BCUT2D eigenvalue weighted by Gasteiger charge is 2.17. The fourth-order valence-electron chi connectivity index (χ4n) is 6.09. The molecule has 1 aliphatic heterocycles. The number of nitrogens with one attached hydrogen (secondary N) is 2. The Kier molecular flexibility index (Phi) is 6.09. The largest absolute Gasteiger partial charge is 0.456 e. The maximum Gasteiger partial charge on any atom is 0.137 e. The summed E-state index contributed by atoms with van der Waals surface area (Å²) in [6.07, 6.45) is 4.23. The van der Waals surface area contributed by atoms with Crippen LogP contribution in [-0.2, 0) is 0 Å². The molecule has 8 rings (SSSR count). The minimum absolute atomic E-state index is 0.776. The number of fused-ring (bicyclic) bond motifs is 9. The van der Waals surface area contributed by atoms with Gasteiger partial charge in [0.15, 0.2) is 0 Å². The zero-order chi connectivity index (χ0) is 29.8. The molecule has 4 nitrogen and oxygen atoms in total. The maximum atomic E-state index is 6.79. The lowest BCUT2D eigenvalue weighted by atomic mass is 10.0. The Morgan fingerprint density at radius 3 is 1.32 bits per heavy atom. The molecule has 0 amide bonds. The third-order valence-electron chi connectivity index (χ3n) is 8.47. The van der Waals surface area contributed by atoms with Crippen molar-refractivity contribution < 1.29 is 4.42 Å². The van der Waals surface area contributed by atoms with Crippen molar-refractivity contribution in [2.45, 2.75) is 20.8 Å². The van der Waals surface area contributed by atoms with Crippen LogP contribution in [0, 0.1) is 20.8 Å². The molecule has 0 saturated carbocycles. The predicted octanol–water partition coefficient (Wildman–Crippen LogP) is 10.9. The molecule has 7 aromatic rings. The monoisotopic (exact) mass is 569 g/mol. The molecule has 3 aromatic carbocycles. The van der Waals surface area contributed by atoms with Gasteiger partial charge in [-0.1, -0.05) is 89.5 Å². The van der Waals surface area contributed by atoms with Gasteiger partial charge in [-0.2, -0.15) is 0 Å². The highest BCUT2D eigenvalue weighted by Crippen LogP contribution is 2.37. The van der Waals surface area contributed by atoms with Gasteiger partial charge in [0.25, 0.3) is 0 Å². The van der Waals surface area contributed by atoms with Crippen molar-refractivity contribution >= 4 is 45.4 Å². The van der Waals surface area contributed by atoms with E-state index in [-0.39, 0.29) is 0 Å². The smallest absolute Gasteiger partial charge is 0.137 e. The first-order valence-electron chi connectivity index (χ1n) is 15.0. The predicted molar refractivity (Wildman–Crippen MR) is 184 cm³/mol. The zero-order valence-electron chi connectivity index (χ0n) is 24.9. The quantitative estimate of drug-likeness (QED) is 0.222. The standard InChI is InChI=1S/C40H31N3O/c1-24-4-10-27(11-5-24)38-32-18-16-30(41-32)31-17-19-34(42-31)39(28-12-6-25(2)7-13-28)36-22-23-37(44-36)40(35-21-20-33(38)43-35)29-14-8-26(3)9-15-29/h4-23,41-42H,1-3H3. The zero-order valence-corrected chi connectivity index (χ0v) is 24.9. The number of aryl methyl sites for hydroxylation is 3. The second-order valence-corrected chi connectivity index (χ2v) is 11.7. The summed E-state index contributed by atoms with van der Waals surface area (Å²) >= 11 is 0. The summed E-state index contributed by atoms with van der Waals surface area (Å²) in [5.41, 5.74) is 17.3. The minimum Gasteiger partial charge on any atom is -0.456 e. The Balaban J connectivity index is 1.55. The Morgan fingerprint density at radius 2 is 0.795 bits per heavy atom. The van der Waals surface area contributed by atoms with Crippen LogP contribution in [0.5, 0.6) is 0 Å². The van der Waals surface area contributed by atoms with E-state index >= 15 is 0 Å². The van der Waals surface area contributed by atoms with E-state index in [1.807, 2.05) is 0 Å². The van der Waals surface area contributed by atoms with Crippen molar-refractivity contribution in [3.05, 3.63) is 137 Å². The molecule has 2 N–H and O–H groups in total. The molecule has 0 unspecified atom stereocenters. The molecule has 0 fully saturated rings. The van der Waals surface area contributed by atoms with Gasteiger partial charge in [0, 0.05) is 16.6 Å². The van der Waals surface area contributed by atoms with Crippen molar-refractivity contribution in [1.29, 1.82) is 0 Å². The van der Waals surface area contributed by atoms with Gasteiger partial charge in [0.05, 0.1) is 33.5 Å². The summed E-state index contributed by atoms with van der Waals surface area (Å²) < 4.78 is 6.79. The van der Waals surface area contributed by atoms with Crippen LogP contribution in [0.4, 0.5) is 0 Å². The molecule has 4 heteroatoms. The van der Waals surface area contributed by atoms with Gasteiger partial charge in [-0.05, 0) is 86.0 Å². The van der Waals surface area contributed by atoms with E-state index in [2.05, 4.69) is 152 Å². The number of aromatic nitrogens is 3. The van der Waals surface area contributed by atoms with E-state index < -0.39 is 0 Å². The summed E-state index contributed by atoms with van der Waals surface area (Å²) in [6.45, 7) is 6.33. The van der Waals surface area contributed by atoms with E-state index in [9.17, 15) is 0 Å². The van der Waals surface area contributed by atoms with Crippen LogP contribution in [0.25, 0.3) is 78.8 Å². The van der Waals surface area contributed by atoms with Gasteiger partial charge in [-0.3, -0.25) is 0 Å². The fourth-order valence-corrected chi connectivity index (χ4v) is 6.09. The van der Waals surface area contributed by atoms with Crippen LogP contribution in [0.1, 0.15) is 28.1 Å². The van der Waals surface area contributed by atoms with E-state index in [0.717, 1.165) is 78.0 Å². The van der Waals surface area contributed by atoms with Crippen LogP contribution >= 0.6 is 0 Å². The first kappa shape index (κ1) is 26.1. The van der Waals surface area contributed by atoms with Crippen molar-refractivity contribution in [1.82, 2.24) is 15.0 Å². The summed E-state index contributed by atoms with van der Waals surface area (Å²) in [5.74, 6) is 0. The summed E-state index contributed by atoms with van der Waals surface area (Å²) in [6, 6.07) is 38.5. The van der Waals surface area contributed by atoms with Crippen LogP contribution < -0.4 is 0 Å². The molecule has 212 valence electrons. The Bertz CT molecular complexity index is 2330. The number of H-pyrrole nitrogens is 2. The summed E-state index contributed by atoms with van der Waals surface area (Å²) in [7, 11) is 0. The Hall–Kier alpha value is -5.61. The number of hydrogen-bond acceptors (Lipinski definition) is 2. The molecule has 0 aliphatic carbocycles. The molecule has 4 aromatic heterocycles. The van der Waals surface area contributed by atoms with Crippen LogP contribution in [0.15, 0.2) is 114 Å².